The number of carbonyl (C=O) groups excluding carboxylic acids is 1. The number of carbonyl (C=O) groups is 1. The molecule has 2 nitrogen and oxygen atoms in total. The molecule has 0 saturated heterocycles. The van der Waals surface area contributed by atoms with Gasteiger partial charge in [0.05, 0.1) is 18.6 Å². The number of rotatable bonds is 2. The molecule has 0 bridgehead atoms. The molecule has 0 heterocycles. The van der Waals surface area contributed by atoms with E-state index in [1.54, 1.807) is 12.2 Å². The highest BCUT2D eigenvalue weighted by molar-refractivity contribution is 6.01. The van der Waals surface area contributed by atoms with Crippen LogP contribution in [-0.4, -0.2) is 5.78 Å². The molecular formula is C8H7NO. The van der Waals surface area contributed by atoms with E-state index < -0.39 is 0 Å². The minimum atomic E-state index is -0.0249. The zero-order chi connectivity index (χ0) is 7.40. The average Bonchev–Trinajstić information content (AvgIpc) is 1.88. The van der Waals surface area contributed by atoms with Crippen molar-refractivity contribution in [2.24, 2.45) is 0 Å². The van der Waals surface area contributed by atoms with Crippen LogP contribution in [-0.2, 0) is 4.79 Å². The smallest absolute Gasteiger partial charge is 0.283 e. The number of allylic oxidation sites excluding steroid dienone is 3. The fraction of sp³-hybridized carbons (Fsp3) is 0. The summed E-state index contributed by atoms with van der Waals surface area (Å²) in [4.78, 5) is 10.7. The number of hydrogen-bond donors (Lipinski definition) is 0. The highest BCUT2D eigenvalue weighted by atomic mass is 16.1. The van der Waals surface area contributed by atoms with Gasteiger partial charge < -0.3 is 5.32 Å². The van der Waals surface area contributed by atoms with Gasteiger partial charge in [0, 0.05) is 6.08 Å². The van der Waals surface area contributed by atoms with Gasteiger partial charge in [-0.3, -0.25) is 4.79 Å². The monoisotopic (exact) mass is 133 g/mol. The van der Waals surface area contributed by atoms with Crippen LogP contribution in [0.1, 0.15) is 0 Å². The van der Waals surface area contributed by atoms with Gasteiger partial charge in [0.25, 0.3) is 5.78 Å². The molecule has 0 aromatic heterocycles. The van der Waals surface area contributed by atoms with E-state index in [-0.39, 0.29) is 5.78 Å². The summed E-state index contributed by atoms with van der Waals surface area (Å²) in [6.45, 7) is 3.42. The Labute approximate surface area is 59.9 Å². The van der Waals surface area contributed by atoms with E-state index in [0.29, 0.717) is 5.70 Å². The second-order valence-electron chi connectivity index (χ2n) is 1.81. The largest absolute Gasteiger partial charge is 0.641 e. The fourth-order valence-electron chi connectivity index (χ4n) is 0.669. The molecule has 0 fully saturated rings. The first-order valence-electron chi connectivity index (χ1n) is 2.92. The molecule has 2 heteroatoms. The summed E-state index contributed by atoms with van der Waals surface area (Å²) in [6.07, 6.45) is 7.78. The van der Waals surface area contributed by atoms with Crippen LogP contribution in [0, 0.1) is 6.42 Å². The first-order chi connectivity index (χ1) is 4.83. The summed E-state index contributed by atoms with van der Waals surface area (Å²) in [5, 5.41) is 3.83. The molecule has 10 heavy (non-hydrogen) atoms. The van der Waals surface area contributed by atoms with Gasteiger partial charge in [-0.1, -0.05) is 0 Å². The van der Waals surface area contributed by atoms with Gasteiger partial charge in [0.2, 0.25) is 0 Å². The molecule has 0 aromatic rings. The Morgan fingerprint density at radius 3 is 3.10 bits per heavy atom. The standard InChI is InChI=1S/C8H7NO/c1-2-9-7-4-3-5-8(10)6-7/h2-6H,1H2. The summed E-state index contributed by atoms with van der Waals surface area (Å²) in [5.74, 6) is -0.0249. The van der Waals surface area contributed by atoms with Gasteiger partial charge >= 0.3 is 0 Å². The van der Waals surface area contributed by atoms with Gasteiger partial charge in [-0.25, -0.2) is 0 Å². The third-order valence-corrected chi connectivity index (χ3v) is 1.06. The predicted molar refractivity (Wildman–Crippen MR) is 40.1 cm³/mol. The predicted octanol–water partition coefficient (Wildman–Crippen LogP) is 1.73. The van der Waals surface area contributed by atoms with E-state index in [9.17, 15) is 4.79 Å². The third kappa shape index (κ3) is 1.52. The lowest BCUT2D eigenvalue weighted by Gasteiger charge is -2.11. The van der Waals surface area contributed by atoms with Crippen molar-refractivity contribution in [2.45, 2.75) is 0 Å². The highest BCUT2D eigenvalue weighted by Gasteiger charge is 2.05. The van der Waals surface area contributed by atoms with E-state index in [4.69, 9.17) is 0 Å². The first kappa shape index (κ1) is 6.68. The quantitative estimate of drug-likeness (QED) is 0.528. The summed E-state index contributed by atoms with van der Waals surface area (Å²) in [7, 11) is 0. The average molecular weight is 133 g/mol. The van der Waals surface area contributed by atoms with Crippen molar-refractivity contribution < 1.29 is 4.79 Å². The molecule has 0 atom stereocenters. The van der Waals surface area contributed by atoms with Crippen molar-refractivity contribution in [2.75, 3.05) is 0 Å². The summed E-state index contributed by atoms with van der Waals surface area (Å²) >= 11 is 0. The SMILES string of the molecule is C=C[N-]C1=CC(=O)[CH+]C=C1. The fourth-order valence-corrected chi connectivity index (χ4v) is 0.669. The van der Waals surface area contributed by atoms with E-state index in [1.807, 2.05) is 0 Å². The normalized spacial score (nSPS) is 15.6. The van der Waals surface area contributed by atoms with Crippen LogP contribution < -0.4 is 0 Å². The summed E-state index contributed by atoms with van der Waals surface area (Å²) in [6, 6.07) is 0. The van der Waals surface area contributed by atoms with Crippen LogP contribution in [0.3, 0.4) is 0 Å². The topological polar surface area (TPSA) is 31.2 Å². The van der Waals surface area contributed by atoms with Gasteiger partial charge in [-0.2, -0.15) is 6.20 Å². The van der Waals surface area contributed by atoms with Gasteiger partial charge in [-0.05, 0) is 5.70 Å². The van der Waals surface area contributed by atoms with Crippen molar-refractivity contribution in [1.29, 1.82) is 0 Å². The maximum atomic E-state index is 10.7. The third-order valence-electron chi connectivity index (χ3n) is 1.06. The lowest BCUT2D eigenvalue weighted by atomic mass is 10.1. The zero-order valence-corrected chi connectivity index (χ0v) is 5.45. The van der Waals surface area contributed by atoms with E-state index in [2.05, 4.69) is 11.9 Å². The Bertz CT molecular complexity index is 213. The molecule has 0 unspecified atom stereocenters. The van der Waals surface area contributed by atoms with Gasteiger partial charge in [0.1, 0.15) is 0 Å². The molecular weight excluding hydrogens is 126 g/mol. The van der Waals surface area contributed by atoms with Crippen LogP contribution in [0.5, 0.6) is 0 Å². The van der Waals surface area contributed by atoms with Crippen molar-refractivity contribution in [3.8, 4) is 0 Å². The molecule has 0 amide bonds. The van der Waals surface area contributed by atoms with E-state index in [0.717, 1.165) is 0 Å². The Morgan fingerprint density at radius 1 is 1.70 bits per heavy atom. The van der Waals surface area contributed by atoms with Gasteiger partial charge in [0.15, 0.2) is 0 Å². The molecule has 0 saturated carbocycles. The Hall–Kier alpha value is -1.44. The Balaban J connectivity index is 2.66. The Morgan fingerprint density at radius 2 is 2.50 bits per heavy atom. The van der Waals surface area contributed by atoms with Crippen molar-refractivity contribution >= 4 is 5.78 Å². The van der Waals surface area contributed by atoms with Crippen molar-refractivity contribution in [3.05, 3.63) is 48.4 Å². The van der Waals surface area contributed by atoms with Crippen molar-refractivity contribution in [3.63, 3.8) is 0 Å². The summed E-state index contributed by atoms with van der Waals surface area (Å²) in [5.41, 5.74) is 0.655. The number of ketones is 1. The molecule has 0 radical (unpaired) electrons. The minimum absolute atomic E-state index is 0.0249. The van der Waals surface area contributed by atoms with Crippen LogP contribution in [0.25, 0.3) is 5.32 Å². The molecule has 50 valence electrons. The molecule has 0 spiro atoms. The Kier molecular flexibility index (Phi) is 1.95. The minimum Gasteiger partial charge on any atom is -0.641 e. The zero-order valence-electron chi connectivity index (χ0n) is 5.45. The van der Waals surface area contributed by atoms with E-state index in [1.165, 1.54) is 18.7 Å². The maximum Gasteiger partial charge on any atom is 0.283 e. The van der Waals surface area contributed by atoms with Crippen LogP contribution in [0.15, 0.2) is 36.7 Å². The van der Waals surface area contributed by atoms with Crippen LogP contribution in [0.2, 0.25) is 0 Å². The van der Waals surface area contributed by atoms with Gasteiger partial charge in [-0.15, -0.1) is 6.58 Å². The van der Waals surface area contributed by atoms with E-state index >= 15 is 0 Å². The number of hydrogen-bond acceptors (Lipinski definition) is 1. The van der Waals surface area contributed by atoms with Crippen LogP contribution >= 0.6 is 0 Å². The maximum absolute atomic E-state index is 10.7. The molecule has 1 aliphatic rings. The van der Waals surface area contributed by atoms with Crippen molar-refractivity contribution in [1.82, 2.24) is 0 Å². The molecule has 0 aromatic carbocycles. The summed E-state index contributed by atoms with van der Waals surface area (Å²) < 4.78 is 0. The molecule has 1 aliphatic carbocycles. The first-order valence-corrected chi connectivity index (χ1v) is 2.92. The second-order valence-corrected chi connectivity index (χ2v) is 1.81. The molecule has 0 N–H and O–H groups in total. The second kappa shape index (κ2) is 2.92. The highest BCUT2D eigenvalue weighted by Crippen LogP contribution is 2.12. The van der Waals surface area contributed by atoms with Crippen LogP contribution in [0.4, 0.5) is 0 Å². The lowest BCUT2D eigenvalue weighted by molar-refractivity contribution is -0.111. The number of nitrogens with zero attached hydrogens (tertiary/aromatic N) is 1. The molecule has 1 rings (SSSR count). The lowest BCUT2D eigenvalue weighted by Crippen LogP contribution is -1.96. The molecule has 0 aliphatic heterocycles.